The van der Waals surface area contributed by atoms with Crippen LogP contribution in [0.2, 0.25) is 0 Å². The third-order valence-electron chi connectivity index (χ3n) is 4.67. The average Bonchev–Trinajstić information content (AvgIpc) is 3.06. The first kappa shape index (κ1) is 19.9. The van der Waals surface area contributed by atoms with E-state index in [-0.39, 0.29) is 19.4 Å². The van der Waals surface area contributed by atoms with E-state index in [1.165, 1.54) is 14.2 Å². The van der Waals surface area contributed by atoms with E-state index < -0.39 is 36.4 Å². The average molecular weight is 375 g/mol. The largest absolute Gasteiger partial charge is 0.497 e. The monoisotopic (exact) mass is 375 g/mol. The maximum atomic E-state index is 13.2. The summed E-state index contributed by atoms with van der Waals surface area (Å²) in [5.74, 6) is -1.37. The Balaban J connectivity index is 2.07. The van der Waals surface area contributed by atoms with Gasteiger partial charge in [-0.15, -0.1) is 0 Å². The van der Waals surface area contributed by atoms with Gasteiger partial charge >= 0.3 is 12.1 Å². The van der Waals surface area contributed by atoms with Gasteiger partial charge in [0.2, 0.25) is 5.91 Å². The van der Waals surface area contributed by atoms with E-state index in [1.54, 1.807) is 18.2 Å². The van der Waals surface area contributed by atoms with Crippen molar-refractivity contribution in [1.82, 2.24) is 4.90 Å². The van der Waals surface area contributed by atoms with Crippen LogP contribution in [-0.2, 0) is 16.0 Å². The molecule has 1 N–H and O–H groups in total. The highest BCUT2D eigenvalue weighted by molar-refractivity contribution is 5.81. The molecule has 0 aromatic heterocycles. The molecular formula is C17H20F3NO5. The summed E-state index contributed by atoms with van der Waals surface area (Å²) in [5, 5.41) is 9.04. The molecule has 0 bridgehead atoms. The number of amides is 1. The Morgan fingerprint density at radius 3 is 2.46 bits per heavy atom. The molecule has 0 radical (unpaired) electrons. The summed E-state index contributed by atoms with van der Waals surface area (Å²) in [4.78, 5) is 24.5. The molecule has 1 fully saturated rings. The van der Waals surface area contributed by atoms with E-state index in [2.05, 4.69) is 0 Å². The number of carboxylic acid groups (broad SMARTS) is 1. The molecule has 0 saturated carbocycles. The molecule has 2 rings (SSSR count). The Morgan fingerprint density at radius 1 is 1.27 bits per heavy atom. The van der Waals surface area contributed by atoms with Crippen molar-refractivity contribution >= 4 is 11.9 Å². The fourth-order valence-corrected chi connectivity index (χ4v) is 3.03. The number of carbonyl (C=O) groups excluding carboxylic acids is 1. The number of hydrogen-bond donors (Lipinski definition) is 1. The molecule has 26 heavy (non-hydrogen) atoms. The van der Waals surface area contributed by atoms with Gasteiger partial charge in [-0.3, -0.25) is 9.59 Å². The molecule has 6 nitrogen and oxygen atoms in total. The van der Waals surface area contributed by atoms with Crippen LogP contribution < -0.4 is 9.47 Å². The second kappa shape index (κ2) is 7.43. The number of aliphatic carboxylic acids is 1. The Morgan fingerprint density at radius 2 is 1.96 bits per heavy atom. The molecule has 0 spiro atoms. The van der Waals surface area contributed by atoms with Crippen LogP contribution in [0.15, 0.2) is 18.2 Å². The molecule has 1 saturated heterocycles. The number of methoxy groups -OCH3 is 2. The zero-order valence-corrected chi connectivity index (χ0v) is 14.4. The molecule has 0 aliphatic carbocycles. The topological polar surface area (TPSA) is 76.1 Å². The first-order valence-corrected chi connectivity index (χ1v) is 7.93. The molecule has 1 aliphatic rings. The number of ether oxygens (including phenoxy) is 2. The first-order chi connectivity index (χ1) is 12.1. The maximum Gasteiger partial charge on any atom is 0.406 e. The van der Waals surface area contributed by atoms with Gasteiger partial charge in [0.25, 0.3) is 0 Å². The van der Waals surface area contributed by atoms with Gasteiger partial charge in [0, 0.05) is 19.5 Å². The fourth-order valence-electron chi connectivity index (χ4n) is 3.03. The quantitative estimate of drug-likeness (QED) is 0.827. The summed E-state index contributed by atoms with van der Waals surface area (Å²) in [7, 11) is 2.96. The molecule has 1 aromatic rings. The summed E-state index contributed by atoms with van der Waals surface area (Å²) in [5.41, 5.74) is -2.21. The van der Waals surface area contributed by atoms with Crippen LogP contribution in [0.5, 0.6) is 11.5 Å². The highest BCUT2D eigenvalue weighted by Crippen LogP contribution is 2.45. The van der Waals surface area contributed by atoms with E-state index in [1.807, 2.05) is 0 Å². The molecule has 1 unspecified atom stereocenters. The van der Waals surface area contributed by atoms with Gasteiger partial charge in [0.05, 0.1) is 14.2 Å². The van der Waals surface area contributed by atoms with Crippen LogP contribution in [0.4, 0.5) is 13.2 Å². The molecule has 1 aromatic carbocycles. The number of carbonyl (C=O) groups is 2. The number of benzene rings is 1. The number of likely N-dealkylation sites (tertiary alicyclic amines) is 1. The van der Waals surface area contributed by atoms with Gasteiger partial charge < -0.3 is 19.5 Å². The number of aryl methyl sites for hydroxylation is 1. The van der Waals surface area contributed by atoms with Crippen LogP contribution in [0, 0.1) is 5.41 Å². The Hall–Kier alpha value is -2.45. The maximum absolute atomic E-state index is 13.2. The summed E-state index contributed by atoms with van der Waals surface area (Å²) in [6.45, 7) is -1.10. The highest BCUT2D eigenvalue weighted by atomic mass is 19.4. The second-order valence-electron chi connectivity index (χ2n) is 6.13. The third-order valence-corrected chi connectivity index (χ3v) is 4.67. The SMILES string of the molecule is COc1ccc(OC)c(CCC(=O)N2CCC(C(=O)O)(C(F)(F)F)C2)c1. The van der Waals surface area contributed by atoms with Crippen LogP contribution in [-0.4, -0.2) is 55.4 Å². The molecule has 1 atom stereocenters. The normalized spacial score (nSPS) is 20.1. The Bertz CT molecular complexity index is 691. The Kier molecular flexibility index (Phi) is 5.68. The molecule has 9 heteroatoms. The lowest BCUT2D eigenvalue weighted by Gasteiger charge is -2.27. The van der Waals surface area contributed by atoms with Crippen molar-refractivity contribution in [2.45, 2.75) is 25.4 Å². The summed E-state index contributed by atoms with van der Waals surface area (Å²) in [6.07, 6.45) is -5.37. The van der Waals surface area contributed by atoms with Gasteiger partial charge in [0.15, 0.2) is 5.41 Å². The first-order valence-electron chi connectivity index (χ1n) is 7.93. The van der Waals surface area contributed by atoms with Gasteiger partial charge in [-0.1, -0.05) is 0 Å². The Labute approximate surface area is 148 Å². The molecule has 1 amide bonds. The molecule has 1 heterocycles. The predicted octanol–water partition coefficient (Wildman–Crippen LogP) is 2.50. The number of halogens is 3. The van der Waals surface area contributed by atoms with E-state index in [0.29, 0.717) is 17.1 Å². The number of hydrogen-bond acceptors (Lipinski definition) is 4. The van der Waals surface area contributed by atoms with Crippen molar-refractivity contribution in [2.75, 3.05) is 27.3 Å². The zero-order chi connectivity index (χ0) is 19.5. The van der Waals surface area contributed by atoms with Gasteiger partial charge in [-0.25, -0.2) is 0 Å². The summed E-state index contributed by atoms with van der Waals surface area (Å²) >= 11 is 0. The van der Waals surface area contributed by atoms with Crippen molar-refractivity contribution in [2.24, 2.45) is 5.41 Å². The fraction of sp³-hybridized carbons (Fsp3) is 0.529. The van der Waals surface area contributed by atoms with E-state index in [0.717, 1.165) is 4.90 Å². The lowest BCUT2D eigenvalue weighted by Crippen LogP contribution is -2.47. The van der Waals surface area contributed by atoms with Crippen molar-refractivity contribution < 1.29 is 37.3 Å². The third kappa shape index (κ3) is 3.71. The van der Waals surface area contributed by atoms with Crippen LogP contribution >= 0.6 is 0 Å². The number of alkyl halides is 3. The zero-order valence-electron chi connectivity index (χ0n) is 14.4. The van der Waals surface area contributed by atoms with Crippen molar-refractivity contribution in [3.05, 3.63) is 23.8 Å². The lowest BCUT2D eigenvalue weighted by atomic mass is 9.86. The van der Waals surface area contributed by atoms with Crippen molar-refractivity contribution in [3.63, 3.8) is 0 Å². The number of carboxylic acids is 1. The standard InChI is InChI=1S/C17H20F3NO5/c1-25-12-4-5-13(26-2)11(9-12)3-6-14(22)21-8-7-16(10-21,15(23)24)17(18,19)20/h4-5,9H,3,6-8,10H2,1-2H3,(H,23,24). The lowest BCUT2D eigenvalue weighted by molar-refractivity contribution is -0.227. The van der Waals surface area contributed by atoms with Gasteiger partial charge in [-0.2, -0.15) is 13.2 Å². The smallest absolute Gasteiger partial charge is 0.406 e. The highest BCUT2D eigenvalue weighted by Gasteiger charge is 2.64. The molecule has 144 valence electrons. The molecular weight excluding hydrogens is 355 g/mol. The minimum absolute atomic E-state index is 0.0584. The van der Waals surface area contributed by atoms with Gasteiger partial charge in [-0.05, 0) is 36.6 Å². The van der Waals surface area contributed by atoms with E-state index in [4.69, 9.17) is 14.6 Å². The van der Waals surface area contributed by atoms with Crippen molar-refractivity contribution in [3.8, 4) is 11.5 Å². The van der Waals surface area contributed by atoms with E-state index in [9.17, 15) is 22.8 Å². The number of rotatable bonds is 6. The summed E-state index contributed by atoms with van der Waals surface area (Å²) < 4.78 is 49.9. The van der Waals surface area contributed by atoms with Crippen molar-refractivity contribution in [1.29, 1.82) is 0 Å². The number of nitrogens with zero attached hydrogens (tertiary/aromatic N) is 1. The minimum Gasteiger partial charge on any atom is -0.497 e. The van der Waals surface area contributed by atoms with Crippen LogP contribution in [0.25, 0.3) is 0 Å². The van der Waals surface area contributed by atoms with E-state index >= 15 is 0 Å². The molecule has 1 aliphatic heterocycles. The van der Waals surface area contributed by atoms with Crippen LogP contribution in [0.1, 0.15) is 18.4 Å². The predicted molar refractivity (Wildman–Crippen MR) is 85.2 cm³/mol. The summed E-state index contributed by atoms with van der Waals surface area (Å²) in [6, 6.07) is 5.05. The second-order valence-corrected chi connectivity index (χ2v) is 6.13. The minimum atomic E-state index is -4.91. The van der Waals surface area contributed by atoms with Gasteiger partial charge in [0.1, 0.15) is 11.5 Å². The van der Waals surface area contributed by atoms with Crippen LogP contribution in [0.3, 0.4) is 0 Å².